The van der Waals surface area contributed by atoms with E-state index >= 15 is 0 Å². The molecule has 2 N–H and O–H groups in total. The standard InChI is InChI=1S/C11H12BrN3O3/c12-7-3-4-8(10(6-7)15(17)18)14-11(16)9-2-1-5-13-9/h3-4,6,9,13H,1-2,5H2,(H,14,16)/t9-/m1/s1. The van der Waals surface area contributed by atoms with Crippen LogP contribution in [-0.2, 0) is 4.79 Å². The van der Waals surface area contributed by atoms with Gasteiger partial charge < -0.3 is 10.6 Å². The Hall–Kier alpha value is -1.47. The third kappa shape index (κ3) is 2.85. The summed E-state index contributed by atoms with van der Waals surface area (Å²) in [5, 5.41) is 16.5. The average Bonchev–Trinajstić information content (AvgIpc) is 2.84. The first-order valence-electron chi connectivity index (χ1n) is 5.56. The number of carbonyl (C=O) groups is 1. The van der Waals surface area contributed by atoms with Gasteiger partial charge in [0.05, 0.1) is 11.0 Å². The summed E-state index contributed by atoms with van der Waals surface area (Å²) in [5.74, 6) is -0.224. The van der Waals surface area contributed by atoms with Gasteiger partial charge in [-0.25, -0.2) is 0 Å². The number of nitro benzene ring substituents is 1. The molecule has 1 aliphatic heterocycles. The van der Waals surface area contributed by atoms with Crippen molar-refractivity contribution in [3.8, 4) is 0 Å². The number of anilines is 1. The highest BCUT2D eigenvalue weighted by Gasteiger charge is 2.24. The molecule has 7 heteroatoms. The van der Waals surface area contributed by atoms with Crippen molar-refractivity contribution in [2.24, 2.45) is 0 Å². The Morgan fingerprint density at radius 2 is 2.33 bits per heavy atom. The summed E-state index contributed by atoms with van der Waals surface area (Å²) in [6, 6.07) is 4.30. The van der Waals surface area contributed by atoms with Gasteiger partial charge in [-0.05, 0) is 31.5 Å². The van der Waals surface area contributed by atoms with Crippen LogP contribution in [0.25, 0.3) is 0 Å². The SMILES string of the molecule is O=C(Nc1ccc(Br)cc1[N+](=O)[O-])[C@H]1CCCN1. The minimum absolute atomic E-state index is 0.115. The van der Waals surface area contributed by atoms with E-state index in [0.29, 0.717) is 4.47 Å². The minimum Gasteiger partial charge on any atom is -0.319 e. The maximum absolute atomic E-state index is 11.9. The predicted octanol–water partition coefficient (Wildman–Crippen LogP) is 2.05. The zero-order valence-electron chi connectivity index (χ0n) is 9.48. The van der Waals surface area contributed by atoms with Gasteiger partial charge in [0, 0.05) is 10.5 Å². The molecule has 2 rings (SSSR count). The topological polar surface area (TPSA) is 84.3 Å². The zero-order chi connectivity index (χ0) is 13.1. The van der Waals surface area contributed by atoms with Crippen molar-refractivity contribution in [3.05, 3.63) is 32.8 Å². The first kappa shape index (κ1) is 13.0. The number of halogens is 1. The molecule has 1 fully saturated rings. The van der Waals surface area contributed by atoms with Gasteiger partial charge in [-0.2, -0.15) is 0 Å². The number of rotatable bonds is 3. The Balaban J connectivity index is 2.17. The number of benzene rings is 1. The molecule has 0 unspecified atom stereocenters. The van der Waals surface area contributed by atoms with Crippen molar-refractivity contribution in [2.45, 2.75) is 18.9 Å². The number of amides is 1. The summed E-state index contributed by atoms with van der Waals surface area (Å²) in [6.45, 7) is 0.806. The van der Waals surface area contributed by atoms with E-state index in [1.807, 2.05) is 0 Å². The maximum Gasteiger partial charge on any atom is 0.293 e. The highest BCUT2D eigenvalue weighted by atomic mass is 79.9. The van der Waals surface area contributed by atoms with Crippen LogP contribution in [-0.4, -0.2) is 23.4 Å². The Labute approximate surface area is 112 Å². The summed E-state index contributed by atoms with van der Waals surface area (Å²) < 4.78 is 0.603. The molecule has 0 radical (unpaired) electrons. The van der Waals surface area contributed by atoms with Gasteiger partial charge in [-0.1, -0.05) is 15.9 Å². The molecular formula is C11H12BrN3O3. The number of hydrogen-bond acceptors (Lipinski definition) is 4. The van der Waals surface area contributed by atoms with Crippen LogP contribution in [0.2, 0.25) is 0 Å². The quantitative estimate of drug-likeness (QED) is 0.660. The Morgan fingerprint density at radius 3 is 2.94 bits per heavy atom. The number of nitrogens with one attached hydrogen (secondary N) is 2. The second-order valence-corrected chi connectivity index (χ2v) is 4.97. The highest BCUT2D eigenvalue weighted by molar-refractivity contribution is 9.10. The van der Waals surface area contributed by atoms with Gasteiger partial charge >= 0.3 is 0 Å². The number of carbonyl (C=O) groups excluding carboxylic acids is 1. The first-order valence-corrected chi connectivity index (χ1v) is 6.35. The van der Waals surface area contributed by atoms with E-state index in [0.717, 1.165) is 19.4 Å². The molecule has 1 heterocycles. The second kappa shape index (κ2) is 5.45. The molecule has 0 spiro atoms. The summed E-state index contributed by atoms with van der Waals surface area (Å²) >= 11 is 3.17. The predicted molar refractivity (Wildman–Crippen MR) is 70.5 cm³/mol. The van der Waals surface area contributed by atoms with Crippen LogP contribution < -0.4 is 10.6 Å². The minimum atomic E-state index is -0.511. The molecule has 6 nitrogen and oxygen atoms in total. The molecule has 1 atom stereocenters. The third-order valence-electron chi connectivity index (χ3n) is 2.79. The fourth-order valence-electron chi connectivity index (χ4n) is 1.89. The number of nitro groups is 1. The average molecular weight is 314 g/mol. The van der Waals surface area contributed by atoms with Gasteiger partial charge in [-0.3, -0.25) is 14.9 Å². The van der Waals surface area contributed by atoms with Crippen molar-refractivity contribution in [3.63, 3.8) is 0 Å². The smallest absolute Gasteiger partial charge is 0.293 e. The molecule has 1 aromatic carbocycles. The van der Waals surface area contributed by atoms with Gasteiger partial charge in [0.2, 0.25) is 5.91 Å². The van der Waals surface area contributed by atoms with Crippen molar-refractivity contribution >= 4 is 33.2 Å². The van der Waals surface area contributed by atoms with Crippen LogP contribution in [0.5, 0.6) is 0 Å². The van der Waals surface area contributed by atoms with Gasteiger partial charge in [0.1, 0.15) is 5.69 Å². The normalized spacial score (nSPS) is 18.6. The number of hydrogen-bond donors (Lipinski definition) is 2. The highest BCUT2D eigenvalue weighted by Crippen LogP contribution is 2.28. The van der Waals surface area contributed by atoms with Crippen LogP contribution in [0.1, 0.15) is 12.8 Å². The molecule has 0 aliphatic carbocycles. The maximum atomic E-state index is 11.9. The van der Waals surface area contributed by atoms with E-state index in [2.05, 4.69) is 26.6 Å². The van der Waals surface area contributed by atoms with Crippen LogP contribution in [0.15, 0.2) is 22.7 Å². The molecule has 18 heavy (non-hydrogen) atoms. The second-order valence-electron chi connectivity index (χ2n) is 4.06. The Bertz CT molecular complexity index is 486. The van der Waals surface area contributed by atoms with E-state index in [1.165, 1.54) is 12.1 Å². The lowest BCUT2D eigenvalue weighted by molar-refractivity contribution is -0.384. The summed E-state index contributed by atoms with van der Waals surface area (Å²) in [5.41, 5.74) is 0.109. The molecule has 0 aromatic heterocycles. The van der Waals surface area contributed by atoms with Gasteiger partial charge in [-0.15, -0.1) is 0 Å². The van der Waals surface area contributed by atoms with Gasteiger partial charge in [0.15, 0.2) is 0 Å². The van der Waals surface area contributed by atoms with Crippen molar-refractivity contribution in [1.29, 1.82) is 0 Å². The Kier molecular flexibility index (Phi) is 3.93. The first-order chi connectivity index (χ1) is 8.58. The fourth-order valence-corrected chi connectivity index (χ4v) is 2.24. The monoisotopic (exact) mass is 313 g/mol. The molecule has 1 amide bonds. The zero-order valence-corrected chi connectivity index (χ0v) is 11.1. The Morgan fingerprint density at radius 1 is 1.56 bits per heavy atom. The molecule has 1 aliphatic rings. The summed E-state index contributed by atoms with van der Waals surface area (Å²) in [7, 11) is 0. The summed E-state index contributed by atoms with van der Waals surface area (Å²) in [4.78, 5) is 22.2. The van der Waals surface area contributed by atoms with Crippen LogP contribution in [0.3, 0.4) is 0 Å². The lowest BCUT2D eigenvalue weighted by Crippen LogP contribution is -2.35. The van der Waals surface area contributed by atoms with E-state index in [-0.39, 0.29) is 23.3 Å². The summed E-state index contributed by atoms with van der Waals surface area (Å²) in [6.07, 6.45) is 1.71. The molecule has 1 aromatic rings. The molecule has 0 bridgehead atoms. The van der Waals surface area contributed by atoms with Crippen LogP contribution >= 0.6 is 15.9 Å². The molecular weight excluding hydrogens is 302 g/mol. The van der Waals surface area contributed by atoms with E-state index in [4.69, 9.17) is 0 Å². The van der Waals surface area contributed by atoms with E-state index in [1.54, 1.807) is 6.07 Å². The van der Waals surface area contributed by atoms with Crippen LogP contribution in [0, 0.1) is 10.1 Å². The number of nitrogens with zero attached hydrogens (tertiary/aromatic N) is 1. The lowest BCUT2D eigenvalue weighted by Gasteiger charge is -2.11. The molecule has 0 saturated carbocycles. The van der Waals surface area contributed by atoms with Crippen molar-refractivity contribution < 1.29 is 9.72 Å². The lowest BCUT2D eigenvalue weighted by atomic mass is 10.2. The van der Waals surface area contributed by atoms with E-state index in [9.17, 15) is 14.9 Å². The van der Waals surface area contributed by atoms with Gasteiger partial charge in [0.25, 0.3) is 5.69 Å². The third-order valence-corrected chi connectivity index (χ3v) is 3.28. The van der Waals surface area contributed by atoms with Crippen molar-refractivity contribution in [1.82, 2.24) is 5.32 Å². The molecule has 96 valence electrons. The van der Waals surface area contributed by atoms with Crippen molar-refractivity contribution in [2.75, 3.05) is 11.9 Å². The van der Waals surface area contributed by atoms with E-state index < -0.39 is 4.92 Å². The largest absolute Gasteiger partial charge is 0.319 e. The molecule has 1 saturated heterocycles. The fraction of sp³-hybridized carbons (Fsp3) is 0.364. The van der Waals surface area contributed by atoms with Crippen LogP contribution in [0.4, 0.5) is 11.4 Å².